The van der Waals surface area contributed by atoms with E-state index in [-0.39, 0.29) is 18.6 Å². The van der Waals surface area contributed by atoms with Crippen LogP contribution >= 0.6 is 15.9 Å². The number of hydrogen-bond donors (Lipinski definition) is 2. The Morgan fingerprint density at radius 2 is 2.23 bits per heavy atom. The molecular formula is C10H14BrNO. The third kappa shape index (κ3) is 2.79. The summed E-state index contributed by atoms with van der Waals surface area (Å²) in [5, 5.41) is 9.15. The van der Waals surface area contributed by atoms with Crippen molar-refractivity contribution in [2.75, 3.05) is 6.61 Å². The normalized spacial score (nSPS) is 15.4. The van der Waals surface area contributed by atoms with Gasteiger partial charge in [-0.1, -0.05) is 28.1 Å². The van der Waals surface area contributed by atoms with E-state index in [9.17, 15) is 0 Å². The predicted octanol–water partition coefficient (Wildman–Crippen LogP) is 1.87. The fourth-order valence-corrected chi connectivity index (χ4v) is 1.73. The van der Waals surface area contributed by atoms with Crippen LogP contribution in [0, 0.1) is 0 Å². The molecule has 3 heteroatoms. The smallest absolute Gasteiger partial charge is 0.0514 e. The van der Waals surface area contributed by atoms with Crippen LogP contribution in [0.5, 0.6) is 0 Å². The fraction of sp³-hybridized carbons (Fsp3) is 0.400. The highest BCUT2D eigenvalue weighted by Crippen LogP contribution is 2.21. The van der Waals surface area contributed by atoms with E-state index in [4.69, 9.17) is 10.8 Å². The highest BCUT2D eigenvalue weighted by Gasteiger charge is 2.14. The molecule has 2 atom stereocenters. The highest BCUT2D eigenvalue weighted by molar-refractivity contribution is 9.10. The Morgan fingerprint density at radius 1 is 1.54 bits per heavy atom. The first kappa shape index (κ1) is 10.7. The molecule has 0 bridgehead atoms. The molecule has 1 unspecified atom stereocenters. The van der Waals surface area contributed by atoms with Crippen molar-refractivity contribution in [1.29, 1.82) is 0 Å². The van der Waals surface area contributed by atoms with Gasteiger partial charge in [-0.15, -0.1) is 0 Å². The summed E-state index contributed by atoms with van der Waals surface area (Å²) in [6, 6.07) is 7.85. The Balaban J connectivity index is 2.91. The first-order valence-electron chi connectivity index (χ1n) is 4.27. The Kier molecular flexibility index (Phi) is 3.90. The maximum atomic E-state index is 9.15. The SMILES string of the molecule is CC(N)[C@@H](CO)c1cccc(Br)c1. The number of hydrogen-bond acceptors (Lipinski definition) is 2. The number of benzene rings is 1. The highest BCUT2D eigenvalue weighted by atomic mass is 79.9. The summed E-state index contributed by atoms with van der Waals surface area (Å²) in [5.74, 6) is 0.0255. The minimum Gasteiger partial charge on any atom is -0.396 e. The second-order valence-corrected chi connectivity index (χ2v) is 4.12. The number of aliphatic hydroxyl groups excluding tert-OH is 1. The summed E-state index contributed by atoms with van der Waals surface area (Å²) in [7, 11) is 0. The van der Waals surface area contributed by atoms with E-state index in [1.807, 2.05) is 31.2 Å². The maximum Gasteiger partial charge on any atom is 0.0514 e. The second-order valence-electron chi connectivity index (χ2n) is 3.20. The van der Waals surface area contributed by atoms with Crippen LogP contribution in [0.15, 0.2) is 28.7 Å². The molecule has 1 aromatic rings. The maximum absolute atomic E-state index is 9.15. The van der Waals surface area contributed by atoms with Crippen molar-refractivity contribution in [3.8, 4) is 0 Å². The Morgan fingerprint density at radius 3 is 2.69 bits per heavy atom. The predicted molar refractivity (Wildman–Crippen MR) is 57.6 cm³/mol. The molecule has 0 spiro atoms. The van der Waals surface area contributed by atoms with Crippen molar-refractivity contribution in [2.24, 2.45) is 5.73 Å². The summed E-state index contributed by atoms with van der Waals surface area (Å²) in [6.07, 6.45) is 0. The molecule has 0 fully saturated rings. The lowest BCUT2D eigenvalue weighted by atomic mass is 9.94. The molecule has 0 amide bonds. The van der Waals surface area contributed by atoms with Crippen molar-refractivity contribution in [3.63, 3.8) is 0 Å². The average molecular weight is 244 g/mol. The lowest BCUT2D eigenvalue weighted by Gasteiger charge is -2.18. The molecule has 0 aliphatic rings. The molecule has 0 heterocycles. The molecule has 0 aliphatic carbocycles. The van der Waals surface area contributed by atoms with Gasteiger partial charge in [-0.05, 0) is 24.6 Å². The van der Waals surface area contributed by atoms with E-state index in [0.29, 0.717) is 0 Å². The third-order valence-corrected chi connectivity index (χ3v) is 2.60. The summed E-state index contributed by atoms with van der Waals surface area (Å²) in [5.41, 5.74) is 6.83. The van der Waals surface area contributed by atoms with Gasteiger partial charge < -0.3 is 10.8 Å². The van der Waals surface area contributed by atoms with Gasteiger partial charge in [0.25, 0.3) is 0 Å². The van der Waals surface area contributed by atoms with Gasteiger partial charge in [0.05, 0.1) is 6.61 Å². The minimum atomic E-state index is -0.0284. The zero-order chi connectivity index (χ0) is 9.84. The van der Waals surface area contributed by atoms with Crippen LogP contribution < -0.4 is 5.73 Å². The van der Waals surface area contributed by atoms with Crippen molar-refractivity contribution in [3.05, 3.63) is 34.3 Å². The van der Waals surface area contributed by atoms with Gasteiger partial charge in [0.1, 0.15) is 0 Å². The third-order valence-electron chi connectivity index (χ3n) is 2.11. The van der Waals surface area contributed by atoms with Gasteiger partial charge >= 0.3 is 0 Å². The standard InChI is InChI=1S/C10H14BrNO/c1-7(12)10(6-13)8-3-2-4-9(11)5-8/h2-5,7,10,13H,6,12H2,1H3/t7?,10-/m1/s1. The van der Waals surface area contributed by atoms with Gasteiger partial charge in [-0.3, -0.25) is 0 Å². The molecule has 0 aliphatic heterocycles. The molecule has 3 N–H and O–H groups in total. The minimum absolute atomic E-state index is 0.0255. The average Bonchev–Trinajstić information content (AvgIpc) is 2.04. The Hall–Kier alpha value is -0.380. The Labute approximate surface area is 86.9 Å². The van der Waals surface area contributed by atoms with E-state index in [1.54, 1.807) is 0 Å². The second kappa shape index (κ2) is 4.74. The summed E-state index contributed by atoms with van der Waals surface area (Å²) in [4.78, 5) is 0. The first-order valence-corrected chi connectivity index (χ1v) is 5.06. The largest absolute Gasteiger partial charge is 0.396 e. The molecule has 13 heavy (non-hydrogen) atoms. The topological polar surface area (TPSA) is 46.2 Å². The van der Waals surface area contributed by atoms with E-state index >= 15 is 0 Å². The number of nitrogens with two attached hydrogens (primary N) is 1. The van der Waals surface area contributed by atoms with E-state index in [0.717, 1.165) is 10.0 Å². The monoisotopic (exact) mass is 243 g/mol. The zero-order valence-corrected chi connectivity index (χ0v) is 9.16. The van der Waals surface area contributed by atoms with Crippen LogP contribution in [0.2, 0.25) is 0 Å². The van der Waals surface area contributed by atoms with Crippen LogP contribution in [-0.2, 0) is 0 Å². The summed E-state index contributed by atoms with van der Waals surface area (Å²) in [6.45, 7) is 2.00. The summed E-state index contributed by atoms with van der Waals surface area (Å²) < 4.78 is 1.02. The molecule has 2 nitrogen and oxygen atoms in total. The molecule has 0 saturated heterocycles. The molecule has 0 radical (unpaired) electrons. The van der Waals surface area contributed by atoms with Crippen molar-refractivity contribution in [2.45, 2.75) is 18.9 Å². The van der Waals surface area contributed by atoms with Crippen LogP contribution in [0.1, 0.15) is 18.4 Å². The quantitative estimate of drug-likeness (QED) is 0.852. The van der Waals surface area contributed by atoms with Crippen molar-refractivity contribution < 1.29 is 5.11 Å². The fourth-order valence-electron chi connectivity index (χ4n) is 1.31. The number of halogens is 1. The van der Waals surface area contributed by atoms with Gasteiger partial charge in [0, 0.05) is 16.4 Å². The van der Waals surface area contributed by atoms with E-state index in [1.165, 1.54) is 0 Å². The van der Waals surface area contributed by atoms with Gasteiger partial charge in [0.15, 0.2) is 0 Å². The van der Waals surface area contributed by atoms with Crippen LogP contribution in [0.25, 0.3) is 0 Å². The van der Waals surface area contributed by atoms with Gasteiger partial charge in [0.2, 0.25) is 0 Å². The van der Waals surface area contributed by atoms with Crippen LogP contribution in [0.4, 0.5) is 0 Å². The number of aliphatic hydroxyl groups is 1. The van der Waals surface area contributed by atoms with Crippen LogP contribution in [0.3, 0.4) is 0 Å². The first-order chi connectivity index (χ1) is 6.15. The molecular weight excluding hydrogens is 230 g/mol. The van der Waals surface area contributed by atoms with Crippen molar-refractivity contribution in [1.82, 2.24) is 0 Å². The van der Waals surface area contributed by atoms with Gasteiger partial charge in [-0.25, -0.2) is 0 Å². The molecule has 1 aromatic carbocycles. The molecule has 1 rings (SSSR count). The van der Waals surface area contributed by atoms with E-state index < -0.39 is 0 Å². The Bertz CT molecular complexity index is 275. The molecule has 0 saturated carbocycles. The lowest BCUT2D eigenvalue weighted by molar-refractivity contribution is 0.252. The van der Waals surface area contributed by atoms with Crippen molar-refractivity contribution >= 4 is 15.9 Å². The van der Waals surface area contributed by atoms with E-state index in [2.05, 4.69) is 15.9 Å². The lowest BCUT2D eigenvalue weighted by Crippen LogP contribution is -2.27. The van der Waals surface area contributed by atoms with Crippen LogP contribution in [-0.4, -0.2) is 17.8 Å². The van der Waals surface area contributed by atoms with Gasteiger partial charge in [-0.2, -0.15) is 0 Å². The zero-order valence-electron chi connectivity index (χ0n) is 7.57. The molecule has 0 aromatic heterocycles. The summed E-state index contributed by atoms with van der Waals surface area (Å²) >= 11 is 3.39. The number of rotatable bonds is 3. The molecule has 72 valence electrons.